The third kappa shape index (κ3) is 2.09. The minimum Gasteiger partial charge on any atom is -0.467 e. The third-order valence-electron chi connectivity index (χ3n) is 4.41. The molecule has 20 heavy (non-hydrogen) atoms. The Labute approximate surface area is 118 Å². The zero-order valence-electron chi connectivity index (χ0n) is 11.7. The van der Waals surface area contributed by atoms with Crippen molar-refractivity contribution in [3.05, 3.63) is 35.4 Å². The summed E-state index contributed by atoms with van der Waals surface area (Å²) in [6.07, 6.45) is 3.45. The largest absolute Gasteiger partial charge is 0.467 e. The van der Waals surface area contributed by atoms with Gasteiger partial charge in [0.25, 0.3) is 0 Å². The van der Waals surface area contributed by atoms with Crippen molar-refractivity contribution in [3.63, 3.8) is 0 Å². The van der Waals surface area contributed by atoms with Crippen LogP contribution in [0, 0.1) is 0 Å². The van der Waals surface area contributed by atoms with Gasteiger partial charge in [0.1, 0.15) is 6.04 Å². The fourth-order valence-corrected chi connectivity index (χ4v) is 3.26. The van der Waals surface area contributed by atoms with Crippen LogP contribution in [-0.4, -0.2) is 36.5 Å². The lowest BCUT2D eigenvalue weighted by Crippen LogP contribution is -2.51. The number of hydrogen-bond donors (Lipinski definition) is 0. The van der Waals surface area contributed by atoms with Crippen molar-refractivity contribution in [3.8, 4) is 0 Å². The predicted octanol–water partition coefficient (Wildman–Crippen LogP) is 1.88. The van der Waals surface area contributed by atoms with Crippen LogP contribution >= 0.6 is 0 Å². The number of likely N-dealkylation sites (tertiary alicyclic amines) is 1. The monoisotopic (exact) mass is 273 g/mol. The molecule has 1 aromatic carbocycles. The summed E-state index contributed by atoms with van der Waals surface area (Å²) >= 11 is 0. The predicted molar refractivity (Wildman–Crippen MR) is 74.3 cm³/mol. The molecule has 1 amide bonds. The maximum absolute atomic E-state index is 12.7. The highest BCUT2D eigenvalue weighted by Crippen LogP contribution is 2.37. The van der Waals surface area contributed by atoms with Crippen molar-refractivity contribution in [1.29, 1.82) is 0 Å². The molecule has 0 aromatic heterocycles. The third-order valence-corrected chi connectivity index (χ3v) is 4.41. The molecule has 4 heteroatoms. The van der Waals surface area contributed by atoms with Gasteiger partial charge < -0.3 is 9.64 Å². The SMILES string of the molecule is COC(=O)[C@H]1CCCCN1C(=O)C1Cc2ccccc21. The molecule has 1 unspecified atom stereocenters. The second kappa shape index (κ2) is 5.27. The molecule has 2 aliphatic rings. The highest BCUT2D eigenvalue weighted by molar-refractivity contribution is 5.91. The zero-order valence-corrected chi connectivity index (χ0v) is 11.7. The molecule has 1 aromatic rings. The first kappa shape index (κ1) is 13.2. The first-order chi connectivity index (χ1) is 9.72. The van der Waals surface area contributed by atoms with E-state index in [1.165, 1.54) is 12.7 Å². The van der Waals surface area contributed by atoms with Crippen molar-refractivity contribution < 1.29 is 14.3 Å². The highest BCUT2D eigenvalue weighted by Gasteiger charge is 2.40. The van der Waals surface area contributed by atoms with Gasteiger partial charge in [0.2, 0.25) is 5.91 Å². The molecule has 106 valence electrons. The molecule has 1 fully saturated rings. The Hall–Kier alpha value is -1.84. The van der Waals surface area contributed by atoms with Crippen LogP contribution in [0.5, 0.6) is 0 Å². The number of carbonyl (C=O) groups excluding carboxylic acids is 2. The number of piperidine rings is 1. The Balaban J connectivity index is 1.78. The fourth-order valence-electron chi connectivity index (χ4n) is 3.26. The van der Waals surface area contributed by atoms with E-state index in [9.17, 15) is 9.59 Å². The van der Waals surface area contributed by atoms with Crippen molar-refractivity contribution in [2.45, 2.75) is 37.6 Å². The van der Waals surface area contributed by atoms with Gasteiger partial charge in [-0.25, -0.2) is 4.79 Å². The van der Waals surface area contributed by atoms with E-state index in [1.807, 2.05) is 18.2 Å². The number of amides is 1. The molecule has 0 saturated carbocycles. The summed E-state index contributed by atoms with van der Waals surface area (Å²) in [6.45, 7) is 0.664. The number of rotatable bonds is 2. The minimum absolute atomic E-state index is 0.0727. The smallest absolute Gasteiger partial charge is 0.328 e. The van der Waals surface area contributed by atoms with Gasteiger partial charge in [-0.3, -0.25) is 4.79 Å². The van der Waals surface area contributed by atoms with E-state index in [-0.39, 0.29) is 17.8 Å². The molecule has 3 rings (SSSR count). The van der Waals surface area contributed by atoms with Crippen LogP contribution in [0.2, 0.25) is 0 Å². The Bertz CT molecular complexity index is 540. The van der Waals surface area contributed by atoms with E-state index in [1.54, 1.807) is 4.90 Å². The zero-order chi connectivity index (χ0) is 14.1. The quantitative estimate of drug-likeness (QED) is 0.773. The van der Waals surface area contributed by atoms with E-state index in [2.05, 4.69) is 6.07 Å². The van der Waals surface area contributed by atoms with E-state index >= 15 is 0 Å². The Morgan fingerprint density at radius 3 is 2.80 bits per heavy atom. The van der Waals surface area contributed by atoms with Crippen LogP contribution < -0.4 is 0 Å². The highest BCUT2D eigenvalue weighted by atomic mass is 16.5. The molecule has 4 nitrogen and oxygen atoms in total. The van der Waals surface area contributed by atoms with Crippen molar-refractivity contribution in [1.82, 2.24) is 4.90 Å². The number of carbonyl (C=O) groups is 2. The summed E-state index contributed by atoms with van der Waals surface area (Å²) in [4.78, 5) is 26.3. The van der Waals surface area contributed by atoms with Crippen molar-refractivity contribution >= 4 is 11.9 Å². The Kier molecular flexibility index (Phi) is 3.47. The summed E-state index contributed by atoms with van der Waals surface area (Å²) in [5.41, 5.74) is 2.36. The van der Waals surface area contributed by atoms with Crippen LogP contribution in [0.25, 0.3) is 0 Å². The lowest BCUT2D eigenvalue weighted by molar-refractivity contribution is -0.155. The standard InChI is InChI=1S/C16H19NO3/c1-20-16(19)14-8-4-5-9-17(14)15(18)13-10-11-6-2-3-7-12(11)13/h2-3,6-7,13-14H,4-5,8-10H2,1H3/t13?,14-/m1/s1. The molecule has 0 spiro atoms. The van der Waals surface area contributed by atoms with Crippen LogP contribution in [-0.2, 0) is 20.7 Å². The van der Waals surface area contributed by atoms with Gasteiger partial charge in [-0.2, -0.15) is 0 Å². The number of esters is 1. The van der Waals surface area contributed by atoms with Gasteiger partial charge in [-0.05, 0) is 36.8 Å². The minimum atomic E-state index is -0.394. The normalized spacial score (nSPS) is 24.6. The van der Waals surface area contributed by atoms with Crippen LogP contribution in [0.15, 0.2) is 24.3 Å². The van der Waals surface area contributed by atoms with E-state index in [0.29, 0.717) is 13.0 Å². The number of hydrogen-bond acceptors (Lipinski definition) is 3. The van der Waals surface area contributed by atoms with E-state index in [4.69, 9.17) is 4.74 Å². The van der Waals surface area contributed by atoms with Gasteiger partial charge >= 0.3 is 5.97 Å². The summed E-state index contributed by atoms with van der Waals surface area (Å²) in [6, 6.07) is 7.64. The average Bonchev–Trinajstić information content (AvgIpc) is 2.47. The second-order valence-electron chi connectivity index (χ2n) is 5.52. The topological polar surface area (TPSA) is 46.6 Å². The molecule has 1 heterocycles. The molecule has 2 atom stereocenters. The van der Waals surface area contributed by atoms with Crippen molar-refractivity contribution in [2.75, 3.05) is 13.7 Å². The summed E-state index contributed by atoms with van der Waals surface area (Å²) in [5, 5.41) is 0. The molecule has 0 bridgehead atoms. The van der Waals surface area contributed by atoms with Gasteiger partial charge in [0.05, 0.1) is 13.0 Å². The molecular weight excluding hydrogens is 254 g/mol. The average molecular weight is 273 g/mol. The number of nitrogens with zero attached hydrogens (tertiary/aromatic N) is 1. The summed E-state index contributed by atoms with van der Waals surface area (Å²) in [7, 11) is 1.39. The molecular formula is C16H19NO3. The van der Waals surface area contributed by atoms with Crippen molar-refractivity contribution in [2.24, 2.45) is 0 Å². The fraction of sp³-hybridized carbons (Fsp3) is 0.500. The van der Waals surface area contributed by atoms with E-state index in [0.717, 1.165) is 24.8 Å². The number of benzene rings is 1. The maximum atomic E-state index is 12.7. The van der Waals surface area contributed by atoms with Gasteiger partial charge in [-0.15, -0.1) is 0 Å². The maximum Gasteiger partial charge on any atom is 0.328 e. The Morgan fingerprint density at radius 1 is 1.25 bits per heavy atom. The van der Waals surface area contributed by atoms with Crippen LogP contribution in [0.4, 0.5) is 0 Å². The summed E-state index contributed by atoms with van der Waals surface area (Å²) < 4.78 is 4.84. The summed E-state index contributed by atoms with van der Waals surface area (Å²) in [5.74, 6) is -0.277. The molecule has 1 saturated heterocycles. The lowest BCUT2D eigenvalue weighted by Gasteiger charge is -2.39. The van der Waals surface area contributed by atoms with Gasteiger partial charge in [-0.1, -0.05) is 24.3 Å². The van der Waals surface area contributed by atoms with Gasteiger partial charge in [0.15, 0.2) is 0 Å². The number of methoxy groups -OCH3 is 1. The van der Waals surface area contributed by atoms with Gasteiger partial charge in [0, 0.05) is 6.54 Å². The number of ether oxygens (including phenoxy) is 1. The number of fused-ring (bicyclic) bond motifs is 1. The Morgan fingerprint density at radius 2 is 2.05 bits per heavy atom. The lowest BCUT2D eigenvalue weighted by atomic mass is 9.76. The molecule has 1 aliphatic heterocycles. The second-order valence-corrected chi connectivity index (χ2v) is 5.52. The molecule has 0 radical (unpaired) electrons. The van der Waals surface area contributed by atoms with Crippen LogP contribution in [0.1, 0.15) is 36.3 Å². The molecule has 0 N–H and O–H groups in total. The first-order valence-corrected chi connectivity index (χ1v) is 7.18. The molecule has 1 aliphatic carbocycles. The van der Waals surface area contributed by atoms with Crippen LogP contribution in [0.3, 0.4) is 0 Å². The first-order valence-electron chi connectivity index (χ1n) is 7.18. The van der Waals surface area contributed by atoms with E-state index < -0.39 is 6.04 Å².